The summed E-state index contributed by atoms with van der Waals surface area (Å²) in [6, 6.07) is 3.63. The fourth-order valence-electron chi connectivity index (χ4n) is 2.96. The summed E-state index contributed by atoms with van der Waals surface area (Å²) in [6.45, 7) is 0. The Morgan fingerprint density at radius 2 is 1.86 bits per heavy atom. The number of benzene rings is 1. The van der Waals surface area contributed by atoms with Crippen LogP contribution in [-0.4, -0.2) is 20.2 Å². The van der Waals surface area contributed by atoms with Gasteiger partial charge in [-0.2, -0.15) is 18.2 Å². The Kier molecular flexibility index (Phi) is 4.10. The monoisotopic (exact) mass is 298 g/mol. The molecule has 0 unspecified atom stereocenters. The van der Waals surface area contributed by atoms with Gasteiger partial charge in [0.2, 0.25) is 6.08 Å². The fraction of sp³-hybridized carbons (Fsp3) is 0.533. The van der Waals surface area contributed by atoms with Crippen LogP contribution in [0.25, 0.3) is 0 Å². The lowest BCUT2D eigenvalue weighted by atomic mass is 9.86. The largest absolute Gasteiger partial charge is 0.416 e. The molecule has 0 radical (unpaired) electrons. The highest BCUT2D eigenvalue weighted by Gasteiger charge is 2.40. The topological polar surface area (TPSA) is 32.7 Å². The second kappa shape index (κ2) is 5.53. The maximum atomic E-state index is 13.0. The van der Waals surface area contributed by atoms with E-state index in [1.165, 1.54) is 6.07 Å². The van der Waals surface area contributed by atoms with Gasteiger partial charge < -0.3 is 4.90 Å². The highest BCUT2D eigenvalue weighted by molar-refractivity contribution is 5.59. The summed E-state index contributed by atoms with van der Waals surface area (Å²) in [5.41, 5.74) is -0.467. The van der Waals surface area contributed by atoms with Crippen molar-refractivity contribution in [3.05, 3.63) is 29.3 Å². The van der Waals surface area contributed by atoms with Gasteiger partial charge in [-0.3, -0.25) is 0 Å². The first-order valence-electron chi connectivity index (χ1n) is 6.78. The Hall–Kier alpha value is -1.81. The molecule has 1 fully saturated rings. The Morgan fingerprint density at radius 1 is 1.24 bits per heavy atom. The lowest BCUT2D eigenvalue weighted by Crippen LogP contribution is -2.24. The zero-order valence-electron chi connectivity index (χ0n) is 12.0. The second-order valence-electron chi connectivity index (χ2n) is 5.57. The minimum absolute atomic E-state index is 0.461. The van der Waals surface area contributed by atoms with E-state index in [9.17, 15) is 18.0 Å². The number of aliphatic imine (C=N–C) groups is 1. The molecule has 0 N–H and O–H groups in total. The summed E-state index contributed by atoms with van der Waals surface area (Å²) < 4.78 is 38.9. The van der Waals surface area contributed by atoms with Crippen molar-refractivity contribution in [2.75, 3.05) is 19.0 Å². The molecule has 0 amide bonds. The molecule has 2 rings (SSSR count). The number of carbonyl (C=O) groups excluding carboxylic acids is 1. The summed E-state index contributed by atoms with van der Waals surface area (Å²) in [6.07, 6.45) is -0.0332. The molecule has 6 heteroatoms. The third-order valence-electron chi connectivity index (χ3n) is 4.00. The van der Waals surface area contributed by atoms with Gasteiger partial charge in [0.1, 0.15) is 5.54 Å². The molecule has 0 aromatic heterocycles. The van der Waals surface area contributed by atoms with E-state index in [1.807, 2.05) is 0 Å². The zero-order chi connectivity index (χ0) is 15.7. The van der Waals surface area contributed by atoms with Gasteiger partial charge in [0, 0.05) is 25.3 Å². The summed E-state index contributed by atoms with van der Waals surface area (Å²) in [5, 5.41) is 0. The van der Waals surface area contributed by atoms with Crippen LogP contribution in [0.5, 0.6) is 0 Å². The molecule has 1 saturated carbocycles. The van der Waals surface area contributed by atoms with E-state index >= 15 is 0 Å². The summed E-state index contributed by atoms with van der Waals surface area (Å²) >= 11 is 0. The molecule has 1 aromatic carbocycles. The predicted molar refractivity (Wildman–Crippen MR) is 74.0 cm³/mol. The number of alkyl halides is 3. The number of rotatable bonds is 3. The molecule has 0 saturated heterocycles. The van der Waals surface area contributed by atoms with Crippen LogP contribution in [-0.2, 0) is 16.5 Å². The highest BCUT2D eigenvalue weighted by atomic mass is 19.4. The van der Waals surface area contributed by atoms with Gasteiger partial charge >= 0.3 is 6.18 Å². The second-order valence-corrected chi connectivity index (χ2v) is 5.57. The van der Waals surface area contributed by atoms with Crippen molar-refractivity contribution in [3.63, 3.8) is 0 Å². The van der Waals surface area contributed by atoms with Crippen LogP contribution >= 0.6 is 0 Å². The molecule has 1 aromatic rings. The Morgan fingerprint density at radius 3 is 2.33 bits per heavy atom. The van der Waals surface area contributed by atoms with E-state index in [0.717, 1.165) is 25.0 Å². The number of halogens is 3. The van der Waals surface area contributed by atoms with Gasteiger partial charge in [0.25, 0.3) is 0 Å². The molecule has 0 atom stereocenters. The van der Waals surface area contributed by atoms with E-state index in [4.69, 9.17) is 0 Å². The van der Waals surface area contributed by atoms with Crippen LogP contribution in [0.3, 0.4) is 0 Å². The lowest BCUT2D eigenvalue weighted by Gasteiger charge is -2.29. The van der Waals surface area contributed by atoms with Crippen molar-refractivity contribution < 1.29 is 18.0 Å². The Balaban J connectivity index is 2.65. The summed E-state index contributed by atoms with van der Waals surface area (Å²) in [4.78, 5) is 16.4. The minimum Gasteiger partial charge on any atom is -0.377 e. The van der Waals surface area contributed by atoms with Crippen molar-refractivity contribution >= 4 is 11.8 Å². The third kappa shape index (κ3) is 2.95. The number of hydrogen-bond donors (Lipinski definition) is 0. The van der Waals surface area contributed by atoms with Gasteiger partial charge in [0.05, 0.1) is 5.56 Å². The number of isocyanates is 1. The molecule has 1 aliphatic rings. The van der Waals surface area contributed by atoms with Gasteiger partial charge in [-0.1, -0.05) is 12.8 Å². The molecule has 21 heavy (non-hydrogen) atoms. The van der Waals surface area contributed by atoms with Gasteiger partial charge in [-0.05, 0) is 31.0 Å². The SMILES string of the molecule is CN(C)c1ccc(C(F)(F)F)cc1C1(N=C=O)CCCC1. The van der Waals surface area contributed by atoms with E-state index in [2.05, 4.69) is 4.99 Å². The van der Waals surface area contributed by atoms with Crippen LogP contribution in [0.4, 0.5) is 18.9 Å². The number of nitrogens with zero attached hydrogens (tertiary/aromatic N) is 2. The van der Waals surface area contributed by atoms with E-state index in [0.29, 0.717) is 24.1 Å². The van der Waals surface area contributed by atoms with Gasteiger partial charge in [-0.25, -0.2) is 4.79 Å². The van der Waals surface area contributed by atoms with Gasteiger partial charge in [0.15, 0.2) is 0 Å². The van der Waals surface area contributed by atoms with Crippen LogP contribution in [0.1, 0.15) is 36.8 Å². The number of anilines is 1. The molecule has 0 spiro atoms. The predicted octanol–water partition coefficient (Wildman–Crippen LogP) is 3.88. The minimum atomic E-state index is -4.41. The van der Waals surface area contributed by atoms with Crippen molar-refractivity contribution in [2.24, 2.45) is 4.99 Å². The van der Waals surface area contributed by atoms with E-state index in [1.54, 1.807) is 25.1 Å². The third-order valence-corrected chi connectivity index (χ3v) is 4.00. The van der Waals surface area contributed by atoms with Crippen LogP contribution in [0.15, 0.2) is 23.2 Å². The van der Waals surface area contributed by atoms with Crippen LogP contribution in [0.2, 0.25) is 0 Å². The van der Waals surface area contributed by atoms with Crippen molar-refractivity contribution in [1.82, 2.24) is 0 Å². The Labute approximate surface area is 121 Å². The lowest BCUT2D eigenvalue weighted by molar-refractivity contribution is -0.137. The van der Waals surface area contributed by atoms with Crippen LogP contribution in [0, 0.1) is 0 Å². The fourth-order valence-corrected chi connectivity index (χ4v) is 2.96. The molecule has 0 aliphatic heterocycles. The normalized spacial score (nSPS) is 17.4. The first-order valence-corrected chi connectivity index (χ1v) is 6.78. The highest BCUT2D eigenvalue weighted by Crippen LogP contribution is 2.47. The van der Waals surface area contributed by atoms with E-state index in [-0.39, 0.29) is 0 Å². The molecular weight excluding hydrogens is 281 g/mol. The molecule has 0 bridgehead atoms. The molecule has 1 aliphatic carbocycles. The molecule has 3 nitrogen and oxygen atoms in total. The average Bonchev–Trinajstić information content (AvgIpc) is 2.87. The first-order chi connectivity index (χ1) is 9.80. The zero-order valence-corrected chi connectivity index (χ0v) is 12.0. The van der Waals surface area contributed by atoms with Crippen molar-refractivity contribution in [3.8, 4) is 0 Å². The van der Waals surface area contributed by atoms with Crippen molar-refractivity contribution in [2.45, 2.75) is 37.4 Å². The quantitative estimate of drug-likeness (QED) is 0.626. The molecule has 114 valence electrons. The maximum absolute atomic E-state index is 13.0. The summed E-state index contributed by atoms with van der Waals surface area (Å²) in [7, 11) is 3.53. The van der Waals surface area contributed by atoms with Gasteiger partial charge in [-0.15, -0.1) is 0 Å². The maximum Gasteiger partial charge on any atom is 0.416 e. The van der Waals surface area contributed by atoms with Crippen LogP contribution < -0.4 is 4.90 Å². The average molecular weight is 298 g/mol. The van der Waals surface area contributed by atoms with E-state index < -0.39 is 17.3 Å². The summed E-state index contributed by atoms with van der Waals surface area (Å²) in [5.74, 6) is 0. The molecule has 0 heterocycles. The van der Waals surface area contributed by atoms with Crippen molar-refractivity contribution in [1.29, 1.82) is 0 Å². The Bertz CT molecular complexity index is 569. The molecular formula is C15H17F3N2O. The first kappa shape index (κ1) is 15.6. The number of hydrogen-bond acceptors (Lipinski definition) is 3. The smallest absolute Gasteiger partial charge is 0.377 e. The standard InChI is InChI=1S/C15H17F3N2O/c1-20(2)13-6-5-11(15(16,17)18)9-12(13)14(19-10-21)7-3-4-8-14/h5-6,9H,3-4,7-8H2,1-2H3.